The van der Waals surface area contributed by atoms with E-state index in [1.54, 1.807) is 0 Å². The summed E-state index contributed by atoms with van der Waals surface area (Å²) in [4.78, 5) is 0. The molecule has 0 saturated carbocycles. The van der Waals surface area contributed by atoms with Gasteiger partial charge in [-0.05, 0) is 0 Å². The van der Waals surface area contributed by atoms with E-state index in [4.69, 9.17) is 4.74 Å². The van der Waals surface area contributed by atoms with E-state index in [0.29, 0.717) is 13.4 Å². The topological polar surface area (TPSA) is 18.5 Å². The Bertz CT molecular complexity index is 20.8. The SMILES string of the molecule is CCOC[O][Al+2]. The molecule has 0 aromatic rings. The first-order valence-electron chi connectivity index (χ1n) is 1.81. The summed E-state index contributed by atoms with van der Waals surface area (Å²) in [6, 6.07) is 0. The van der Waals surface area contributed by atoms with Crippen LogP contribution >= 0.6 is 0 Å². The van der Waals surface area contributed by atoms with Crippen molar-refractivity contribution in [1.29, 1.82) is 0 Å². The van der Waals surface area contributed by atoms with Gasteiger partial charge >= 0.3 is 45.5 Å². The molecule has 0 spiro atoms. The van der Waals surface area contributed by atoms with Crippen LogP contribution in [-0.2, 0) is 8.53 Å². The summed E-state index contributed by atoms with van der Waals surface area (Å²) in [6.07, 6.45) is 0. The molecule has 0 bridgehead atoms. The second kappa shape index (κ2) is 5.45. The maximum absolute atomic E-state index is 4.74. The number of hydrogen-bond acceptors (Lipinski definition) is 2. The van der Waals surface area contributed by atoms with Crippen LogP contribution in [0.3, 0.4) is 0 Å². The number of hydrogen-bond donors (Lipinski definition) is 0. The Labute approximate surface area is 46.2 Å². The molecule has 0 radical (unpaired) electrons. The van der Waals surface area contributed by atoms with E-state index in [1.165, 1.54) is 0 Å². The van der Waals surface area contributed by atoms with E-state index >= 15 is 0 Å². The predicted octanol–water partition coefficient (Wildman–Crippen LogP) is 0.0805. The standard InChI is InChI=1S/C3H7O2.Al/c1-2-5-3-4;/h2-3H2,1H3;/q-1;+3. The van der Waals surface area contributed by atoms with Gasteiger partial charge in [-0.2, -0.15) is 0 Å². The molecule has 32 valence electrons. The molecule has 0 aromatic heterocycles. The van der Waals surface area contributed by atoms with Crippen LogP contribution in [0.4, 0.5) is 0 Å². The predicted molar refractivity (Wildman–Crippen MR) is 23.3 cm³/mol. The van der Waals surface area contributed by atoms with Crippen molar-refractivity contribution in [3.63, 3.8) is 0 Å². The molecule has 0 N–H and O–H groups in total. The zero-order valence-electron chi connectivity index (χ0n) is 3.81. The molecule has 0 unspecified atom stereocenters. The van der Waals surface area contributed by atoms with Crippen LogP contribution in [0.25, 0.3) is 0 Å². The maximum atomic E-state index is 4.74. The third kappa shape index (κ3) is 4.45. The molecule has 3 heteroatoms. The molecule has 0 rings (SSSR count). The third-order valence-corrected chi connectivity index (χ3v) is 0.492. The molecule has 0 aromatic carbocycles. The Hall–Kier alpha value is 0.452. The van der Waals surface area contributed by atoms with Crippen LogP contribution in [0.15, 0.2) is 0 Å². The Morgan fingerprint density at radius 1 is 1.67 bits per heavy atom. The summed E-state index contributed by atoms with van der Waals surface area (Å²) >= 11 is 2.10. The Kier molecular flexibility index (Phi) is 5.86. The van der Waals surface area contributed by atoms with Crippen LogP contribution in [-0.4, -0.2) is 30.0 Å². The summed E-state index contributed by atoms with van der Waals surface area (Å²) in [5, 5.41) is 0. The molecule has 0 saturated heterocycles. The van der Waals surface area contributed by atoms with Crippen molar-refractivity contribution in [2.45, 2.75) is 6.92 Å². The van der Waals surface area contributed by atoms with Gasteiger partial charge in [-0.15, -0.1) is 0 Å². The Morgan fingerprint density at radius 3 is 2.50 bits per heavy atom. The summed E-state index contributed by atoms with van der Waals surface area (Å²) < 4.78 is 9.22. The van der Waals surface area contributed by atoms with E-state index in [1.807, 2.05) is 6.92 Å². The van der Waals surface area contributed by atoms with E-state index in [9.17, 15) is 0 Å². The molecule has 0 amide bonds. The van der Waals surface area contributed by atoms with Crippen molar-refractivity contribution in [3.05, 3.63) is 0 Å². The van der Waals surface area contributed by atoms with Crippen LogP contribution in [0.1, 0.15) is 6.92 Å². The number of ether oxygens (including phenoxy) is 1. The second-order valence-electron chi connectivity index (χ2n) is 0.777. The molecule has 0 aliphatic rings. The van der Waals surface area contributed by atoms with Gasteiger partial charge in [0.05, 0.1) is 0 Å². The van der Waals surface area contributed by atoms with Crippen LogP contribution < -0.4 is 0 Å². The van der Waals surface area contributed by atoms with Crippen molar-refractivity contribution in [2.75, 3.05) is 13.4 Å². The second-order valence-corrected chi connectivity index (χ2v) is 1.11. The fourth-order valence-electron chi connectivity index (χ4n) is 0.131. The van der Waals surface area contributed by atoms with Crippen LogP contribution in [0, 0.1) is 0 Å². The van der Waals surface area contributed by atoms with Gasteiger partial charge < -0.3 is 0 Å². The van der Waals surface area contributed by atoms with E-state index in [-0.39, 0.29) is 0 Å². The Morgan fingerprint density at radius 2 is 2.33 bits per heavy atom. The van der Waals surface area contributed by atoms with Gasteiger partial charge in [0.25, 0.3) is 0 Å². The first-order valence-corrected chi connectivity index (χ1v) is 2.28. The number of rotatable bonds is 3. The molecule has 6 heavy (non-hydrogen) atoms. The fraction of sp³-hybridized carbons (Fsp3) is 1.00. The molecule has 0 aliphatic heterocycles. The van der Waals surface area contributed by atoms with Gasteiger partial charge in [0.15, 0.2) is 0 Å². The van der Waals surface area contributed by atoms with Gasteiger partial charge in [-0.25, -0.2) is 0 Å². The van der Waals surface area contributed by atoms with Crippen molar-refractivity contribution in [3.8, 4) is 0 Å². The first kappa shape index (κ1) is 6.45. The average Bonchev–Trinajstić information content (AvgIpc) is 1.61. The van der Waals surface area contributed by atoms with Crippen molar-refractivity contribution >= 4 is 16.6 Å². The molecule has 0 heterocycles. The molecule has 0 aliphatic carbocycles. The minimum absolute atomic E-state index is 0.376. The zero-order chi connectivity index (χ0) is 4.83. The van der Waals surface area contributed by atoms with E-state index in [2.05, 4.69) is 20.4 Å². The van der Waals surface area contributed by atoms with Gasteiger partial charge in [0.2, 0.25) is 0 Å². The summed E-state index contributed by atoms with van der Waals surface area (Å²) in [6.45, 7) is 3.01. The monoisotopic (exact) mass is 102 g/mol. The summed E-state index contributed by atoms with van der Waals surface area (Å²) in [5.41, 5.74) is 0. The van der Waals surface area contributed by atoms with E-state index < -0.39 is 0 Å². The van der Waals surface area contributed by atoms with Gasteiger partial charge in [-0.1, -0.05) is 0 Å². The zero-order valence-corrected chi connectivity index (χ0v) is 4.96. The fourth-order valence-corrected chi connectivity index (χ4v) is 0.228. The van der Waals surface area contributed by atoms with Gasteiger partial charge in [0, 0.05) is 0 Å². The van der Waals surface area contributed by atoms with Crippen molar-refractivity contribution < 1.29 is 8.53 Å². The first-order chi connectivity index (χ1) is 2.91. The molecule has 0 fully saturated rings. The molecule has 2 nitrogen and oxygen atoms in total. The summed E-state index contributed by atoms with van der Waals surface area (Å²) in [5.74, 6) is 0. The van der Waals surface area contributed by atoms with Crippen LogP contribution in [0.5, 0.6) is 0 Å². The average molecular weight is 102 g/mol. The van der Waals surface area contributed by atoms with E-state index in [0.717, 1.165) is 0 Å². The molecule has 0 atom stereocenters. The normalized spacial score (nSPS) is 9.17. The van der Waals surface area contributed by atoms with Gasteiger partial charge in [0.1, 0.15) is 0 Å². The van der Waals surface area contributed by atoms with Gasteiger partial charge in [-0.3, -0.25) is 0 Å². The van der Waals surface area contributed by atoms with Crippen molar-refractivity contribution in [2.24, 2.45) is 0 Å². The summed E-state index contributed by atoms with van der Waals surface area (Å²) in [7, 11) is 0. The minimum atomic E-state index is 0.376. The third-order valence-electron chi connectivity index (χ3n) is 0.355. The quantitative estimate of drug-likeness (QED) is 0.285. The molecular formula is C3H7AlO2+2. The Balaban J connectivity index is 2.34. The van der Waals surface area contributed by atoms with Crippen molar-refractivity contribution in [1.82, 2.24) is 0 Å². The van der Waals surface area contributed by atoms with Crippen LogP contribution in [0.2, 0.25) is 0 Å². The molecular weight excluding hydrogens is 95.0 g/mol.